The van der Waals surface area contributed by atoms with Gasteiger partial charge in [0, 0.05) is 16.9 Å². The van der Waals surface area contributed by atoms with Crippen molar-refractivity contribution in [1.29, 1.82) is 0 Å². The standard InChI is InChI=1S/C25H25FN2O5S/c1-4-18-8-5-7-16(2)24(18)27-23(29)15-33-25(30)19-11-13-20(14-12-19)28-34(31,32)22-10-6-9-21(26)17(22)3/h5-14,28H,4,15H2,1-3H3,(H,27,29). The SMILES string of the molecule is CCc1cccc(C)c1NC(=O)COC(=O)c1ccc(NS(=O)(=O)c2cccc(F)c2C)cc1. The number of ether oxygens (including phenoxy) is 1. The van der Waals surface area contributed by atoms with Crippen LogP contribution in [0.15, 0.2) is 65.6 Å². The van der Waals surface area contributed by atoms with Gasteiger partial charge in [-0.2, -0.15) is 0 Å². The summed E-state index contributed by atoms with van der Waals surface area (Å²) in [5.74, 6) is -1.82. The van der Waals surface area contributed by atoms with E-state index >= 15 is 0 Å². The van der Waals surface area contributed by atoms with Gasteiger partial charge in [-0.15, -0.1) is 0 Å². The van der Waals surface area contributed by atoms with E-state index < -0.39 is 34.3 Å². The lowest BCUT2D eigenvalue weighted by molar-refractivity contribution is -0.119. The van der Waals surface area contributed by atoms with Crippen molar-refractivity contribution in [2.75, 3.05) is 16.6 Å². The minimum atomic E-state index is -4.02. The summed E-state index contributed by atoms with van der Waals surface area (Å²) < 4.78 is 46.3. The molecule has 3 rings (SSSR count). The average Bonchev–Trinajstić information content (AvgIpc) is 2.80. The maximum absolute atomic E-state index is 13.7. The minimum absolute atomic E-state index is 0.00484. The second kappa shape index (κ2) is 10.5. The first-order valence-corrected chi connectivity index (χ1v) is 12.0. The monoisotopic (exact) mass is 484 g/mol. The smallest absolute Gasteiger partial charge is 0.338 e. The summed E-state index contributed by atoms with van der Waals surface area (Å²) in [4.78, 5) is 24.4. The number of nitrogens with one attached hydrogen (secondary N) is 2. The summed E-state index contributed by atoms with van der Waals surface area (Å²) in [6.07, 6.45) is 0.742. The molecule has 3 aromatic carbocycles. The van der Waals surface area contributed by atoms with Crippen molar-refractivity contribution in [1.82, 2.24) is 0 Å². The van der Waals surface area contributed by atoms with E-state index in [1.54, 1.807) is 0 Å². The topological polar surface area (TPSA) is 102 Å². The van der Waals surface area contributed by atoms with E-state index in [1.165, 1.54) is 49.4 Å². The number of aryl methyl sites for hydroxylation is 2. The maximum atomic E-state index is 13.7. The van der Waals surface area contributed by atoms with Crippen molar-refractivity contribution >= 4 is 33.3 Å². The van der Waals surface area contributed by atoms with Crippen LogP contribution < -0.4 is 10.0 Å². The molecule has 0 aliphatic rings. The summed E-state index contributed by atoms with van der Waals surface area (Å²) in [6.45, 7) is 4.77. The van der Waals surface area contributed by atoms with Crippen LogP contribution in [0, 0.1) is 19.7 Å². The number of hydrogen-bond donors (Lipinski definition) is 2. The zero-order valence-corrected chi connectivity index (χ0v) is 19.8. The lowest BCUT2D eigenvalue weighted by Gasteiger charge is -2.13. The highest BCUT2D eigenvalue weighted by Gasteiger charge is 2.19. The molecule has 0 bridgehead atoms. The molecule has 0 atom stereocenters. The first-order valence-electron chi connectivity index (χ1n) is 10.6. The van der Waals surface area contributed by atoms with Crippen molar-refractivity contribution in [3.05, 3.63) is 88.7 Å². The molecule has 1 amide bonds. The van der Waals surface area contributed by atoms with Gasteiger partial charge in [0.1, 0.15) is 5.82 Å². The van der Waals surface area contributed by atoms with Gasteiger partial charge < -0.3 is 10.1 Å². The van der Waals surface area contributed by atoms with Crippen molar-refractivity contribution in [3.8, 4) is 0 Å². The molecule has 9 heteroatoms. The van der Waals surface area contributed by atoms with Gasteiger partial charge in [-0.3, -0.25) is 9.52 Å². The quantitative estimate of drug-likeness (QED) is 0.455. The molecule has 0 saturated carbocycles. The summed E-state index contributed by atoms with van der Waals surface area (Å²) in [5.41, 5.74) is 2.92. The Kier molecular flexibility index (Phi) is 7.68. The maximum Gasteiger partial charge on any atom is 0.338 e. The Hall–Kier alpha value is -3.72. The third kappa shape index (κ3) is 5.79. The van der Waals surface area contributed by atoms with Gasteiger partial charge in [-0.05, 0) is 67.8 Å². The van der Waals surface area contributed by atoms with Crippen LogP contribution >= 0.6 is 0 Å². The summed E-state index contributed by atoms with van der Waals surface area (Å²) in [6, 6.07) is 15.0. The summed E-state index contributed by atoms with van der Waals surface area (Å²) in [7, 11) is -4.02. The van der Waals surface area contributed by atoms with E-state index in [0.29, 0.717) is 5.69 Å². The van der Waals surface area contributed by atoms with Gasteiger partial charge in [0.05, 0.1) is 10.5 Å². The lowest BCUT2D eigenvalue weighted by Crippen LogP contribution is -2.22. The van der Waals surface area contributed by atoms with Crippen LogP contribution in [-0.2, 0) is 26.0 Å². The third-order valence-electron chi connectivity index (χ3n) is 5.22. The van der Waals surface area contributed by atoms with Crippen molar-refractivity contribution in [2.45, 2.75) is 32.1 Å². The number of esters is 1. The number of rotatable bonds is 8. The van der Waals surface area contributed by atoms with Gasteiger partial charge >= 0.3 is 5.97 Å². The highest BCUT2D eigenvalue weighted by molar-refractivity contribution is 7.92. The number of amides is 1. The molecular formula is C25H25FN2O5S. The number of halogens is 1. The minimum Gasteiger partial charge on any atom is -0.452 e. The van der Waals surface area contributed by atoms with Crippen molar-refractivity contribution in [2.24, 2.45) is 0 Å². The number of para-hydroxylation sites is 1. The number of carbonyl (C=O) groups excluding carboxylic acids is 2. The Labute approximate surface area is 198 Å². The fourth-order valence-electron chi connectivity index (χ4n) is 3.36. The van der Waals surface area contributed by atoms with E-state index in [4.69, 9.17) is 4.74 Å². The third-order valence-corrected chi connectivity index (χ3v) is 6.74. The van der Waals surface area contributed by atoms with E-state index in [-0.39, 0.29) is 21.7 Å². The molecule has 0 fully saturated rings. The average molecular weight is 485 g/mol. The number of sulfonamides is 1. The molecule has 0 aliphatic carbocycles. The van der Waals surface area contributed by atoms with E-state index in [1.807, 2.05) is 32.0 Å². The Morgan fingerprint density at radius 3 is 2.32 bits per heavy atom. The summed E-state index contributed by atoms with van der Waals surface area (Å²) in [5, 5.41) is 2.78. The number of carbonyl (C=O) groups is 2. The van der Waals surface area contributed by atoms with E-state index in [2.05, 4.69) is 10.0 Å². The Balaban J connectivity index is 1.61. The molecule has 0 aromatic heterocycles. The van der Waals surface area contributed by atoms with Crippen LogP contribution in [0.4, 0.5) is 15.8 Å². The molecule has 0 aliphatic heterocycles. The van der Waals surface area contributed by atoms with Gasteiger partial charge in [0.2, 0.25) is 0 Å². The Morgan fingerprint density at radius 2 is 1.65 bits per heavy atom. The molecule has 34 heavy (non-hydrogen) atoms. The van der Waals surface area contributed by atoms with Crippen LogP contribution in [0.1, 0.15) is 34.0 Å². The van der Waals surface area contributed by atoms with E-state index in [0.717, 1.165) is 17.5 Å². The largest absolute Gasteiger partial charge is 0.452 e. The molecule has 7 nitrogen and oxygen atoms in total. The number of anilines is 2. The van der Waals surface area contributed by atoms with Gasteiger partial charge in [-0.25, -0.2) is 17.6 Å². The summed E-state index contributed by atoms with van der Waals surface area (Å²) >= 11 is 0. The molecule has 2 N–H and O–H groups in total. The molecule has 0 radical (unpaired) electrons. The zero-order valence-electron chi connectivity index (χ0n) is 19.0. The number of hydrogen-bond acceptors (Lipinski definition) is 5. The molecule has 0 unspecified atom stereocenters. The van der Waals surface area contributed by atoms with Crippen LogP contribution in [0.25, 0.3) is 0 Å². The van der Waals surface area contributed by atoms with Gasteiger partial charge in [0.25, 0.3) is 15.9 Å². The number of benzene rings is 3. The second-order valence-corrected chi connectivity index (χ2v) is 9.28. The fourth-order valence-corrected chi connectivity index (χ4v) is 4.67. The fraction of sp³-hybridized carbons (Fsp3) is 0.200. The second-order valence-electron chi connectivity index (χ2n) is 7.63. The van der Waals surface area contributed by atoms with Crippen LogP contribution in [0.5, 0.6) is 0 Å². The molecule has 0 heterocycles. The predicted octanol–water partition coefficient (Wildman–Crippen LogP) is 4.60. The highest BCUT2D eigenvalue weighted by atomic mass is 32.2. The van der Waals surface area contributed by atoms with Crippen molar-refractivity contribution < 1.29 is 27.1 Å². The van der Waals surface area contributed by atoms with Crippen LogP contribution in [0.2, 0.25) is 0 Å². The first-order chi connectivity index (χ1) is 16.1. The van der Waals surface area contributed by atoms with Crippen molar-refractivity contribution in [3.63, 3.8) is 0 Å². The normalized spacial score (nSPS) is 11.1. The Bertz CT molecular complexity index is 1320. The molecular weight excluding hydrogens is 459 g/mol. The zero-order chi connectivity index (χ0) is 24.9. The first kappa shape index (κ1) is 24.9. The van der Waals surface area contributed by atoms with Gasteiger partial charge in [-0.1, -0.05) is 31.2 Å². The molecule has 0 spiro atoms. The van der Waals surface area contributed by atoms with Crippen LogP contribution in [-0.4, -0.2) is 26.9 Å². The molecule has 178 valence electrons. The molecule has 0 saturated heterocycles. The predicted molar refractivity (Wildman–Crippen MR) is 128 cm³/mol. The highest BCUT2D eigenvalue weighted by Crippen LogP contribution is 2.22. The lowest BCUT2D eigenvalue weighted by atomic mass is 10.1. The van der Waals surface area contributed by atoms with E-state index in [9.17, 15) is 22.4 Å². The van der Waals surface area contributed by atoms with Gasteiger partial charge in [0.15, 0.2) is 6.61 Å². The molecule has 3 aromatic rings. The Morgan fingerprint density at radius 1 is 0.971 bits per heavy atom. The van der Waals surface area contributed by atoms with Crippen LogP contribution in [0.3, 0.4) is 0 Å².